The lowest BCUT2D eigenvalue weighted by Crippen LogP contribution is -2.56. The maximum atomic E-state index is 14.7. The van der Waals surface area contributed by atoms with Gasteiger partial charge in [0.05, 0.1) is 12.5 Å². The van der Waals surface area contributed by atoms with E-state index in [0.29, 0.717) is 39.0 Å². The van der Waals surface area contributed by atoms with Crippen molar-refractivity contribution >= 4 is 23.5 Å². The second-order valence-electron chi connectivity index (χ2n) is 12.0. The summed E-state index contributed by atoms with van der Waals surface area (Å²) in [6.45, 7) is 7.13. The number of fused-ring (bicyclic) bond motifs is 2. The van der Waals surface area contributed by atoms with Crippen LogP contribution in [0.15, 0.2) is 42.5 Å². The third kappa shape index (κ3) is 5.14. The molecule has 4 heterocycles. The zero-order valence-corrected chi connectivity index (χ0v) is 24.6. The zero-order valence-electron chi connectivity index (χ0n) is 24.6. The molecule has 4 aliphatic rings. The largest absolute Gasteiger partial charge is 0.465 e. The van der Waals surface area contributed by atoms with E-state index in [1.54, 1.807) is 9.80 Å². The van der Waals surface area contributed by atoms with E-state index in [-0.39, 0.29) is 18.4 Å². The summed E-state index contributed by atoms with van der Waals surface area (Å²) in [5.41, 5.74) is 0.506. The number of amides is 2. The Morgan fingerprint density at radius 2 is 1.78 bits per heavy atom. The summed E-state index contributed by atoms with van der Waals surface area (Å²) in [7, 11) is 0. The van der Waals surface area contributed by atoms with Crippen LogP contribution in [0.25, 0.3) is 0 Å². The van der Waals surface area contributed by atoms with Gasteiger partial charge in [-0.3, -0.25) is 14.4 Å². The van der Waals surface area contributed by atoms with Crippen LogP contribution in [0.5, 0.6) is 0 Å². The molecule has 8 heteroatoms. The molecule has 0 radical (unpaired) electrons. The Kier molecular flexibility index (Phi) is 8.71. The Morgan fingerprint density at radius 1 is 0.976 bits per heavy atom. The molecular formula is C33H44N2O6. The smallest absolute Gasteiger partial charge is 0.313 e. The molecule has 5 rings (SSSR count). The number of esters is 1. The fraction of sp³-hybridized carbons (Fsp3) is 0.606. The number of ether oxygens (including phenoxy) is 2. The third-order valence-corrected chi connectivity index (χ3v) is 9.35. The van der Waals surface area contributed by atoms with Crippen LogP contribution in [-0.2, 0) is 23.9 Å². The van der Waals surface area contributed by atoms with E-state index >= 15 is 0 Å². The molecule has 8 nitrogen and oxygen atoms in total. The van der Waals surface area contributed by atoms with Gasteiger partial charge in [0.2, 0.25) is 5.91 Å². The zero-order chi connectivity index (χ0) is 29.2. The highest BCUT2D eigenvalue weighted by Gasteiger charge is 2.75. The van der Waals surface area contributed by atoms with E-state index in [1.807, 2.05) is 57.2 Å². The molecule has 1 aromatic carbocycles. The minimum absolute atomic E-state index is 0.134. The fourth-order valence-electron chi connectivity index (χ4n) is 7.25. The normalized spacial score (nSPS) is 32.3. The molecule has 1 unspecified atom stereocenters. The van der Waals surface area contributed by atoms with Gasteiger partial charge in [-0.2, -0.15) is 0 Å². The van der Waals surface area contributed by atoms with Crippen molar-refractivity contribution in [3.8, 4) is 0 Å². The molecule has 5 atom stereocenters. The van der Waals surface area contributed by atoms with Crippen molar-refractivity contribution in [1.82, 2.24) is 4.90 Å². The first-order valence-corrected chi connectivity index (χ1v) is 15.3. The topological polar surface area (TPSA) is 96.4 Å². The number of likely N-dealkylation sites (tertiary alicyclic amines) is 1. The summed E-state index contributed by atoms with van der Waals surface area (Å²) in [5, 5.41) is 9.20. The molecule has 1 aromatic rings. The lowest BCUT2D eigenvalue weighted by Gasteiger charge is -2.38. The number of carbonyl (C=O) groups is 3. The van der Waals surface area contributed by atoms with Gasteiger partial charge in [0.15, 0.2) is 0 Å². The highest BCUT2D eigenvalue weighted by atomic mass is 16.6. The second kappa shape index (κ2) is 12.1. The SMILES string of the molecule is CC[C@@]12/C=C\CCCCOC(=O)[C@@H]1[C@H]1C(=O)N(CCCCCCO)C3C(=O)N(c4cc(C)ccc4C)CC=C[C@@]31O2. The number of hydrogen-bond donors (Lipinski definition) is 1. The third-order valence-electron chi connectivity index (χ3n) is 9.35. The molecule has 2 fully saturated rings. The Morgan fingerprint density at radius 3 is 2.56 bits per heavy atom. The van der Waals surface area contributed by atoms with Crippen molar-refractivity contribution in [3.63, 3.8) is 0 Å². The van der Waals surface area contributed by atoms with E-state index in [1.165, 1.54) is 0 Å². The molecule has 41 heavy (non-hydrogen) atoms. The van der Waals surface area contributed by atoms with Crippen LogP contribution in [0.3, 0.4) is 0 Å². The maximum Gasteiger partial charge on any atom is 0.313 e. The lowest BCUT2D eigenvalue weighted by molar-refractivity contribution is -0.160. The highest BCUT2D eigenvalue weighted by Crippen LogP contribution is 2.58. The van der Waals surface area contributed by atoms with E-state index in [9.17, 15) is 19.5 Å². The highest BCUT2D eigenvalue weighted by molar-refractivity contribution is 6.06. The van der Waals surface area contributed by atoms with Crippen LogP contribution in [0, 0.1) is 25.7 Å². The Balaban J connectivity index is 1.61. The molecular weight excluding hydrogens is 520 g/mol. The van der Waals surface area contributed by atoms with Crippen LogP contribution >= 0.6 is 0 Å². The van der Waals surface area contributed by atoms with Crippen molar-refractivity contribution in [2.45, 2.75) is 89.4 Å². The average Bonchev–Trinajstić information content (AvgIpc) is 3.31. The van der Waals surface area contributed by atoms with E-state index in [4.69, 9.17) is 9.47 Å². The number of hydrogen-bond acceptors (Lipinski definition) is 6. The first-order chi connectivity index (χ1) is 19.8. The van der Waals surface area contributed by atoms with Crippen LogP contribution < -0.4 is 4.90 Å². The predicted molar refractivity (Wildman–Crippen MR) is 156 cm³/mol. The van der Waals surface area contributed by atoms with Gasteiger partial charge < -0.3 is 24.4 Å². The number of benzene rings is 1. The number of anilines is 1. The standard InChI is InChI=1S/C33H44N2O6/c1-4-32-16-9-5-8-12-21-40-31(39)27(32)26-29(37)35(18-10-6-7-11-20-36)28-30(38)34(19-13-17-33(26,28)41-32)25-22-23(2)14-15-24(25)3/h9,13-17,22,26-28,36H,4-8,10-12,18-21H2,1-3H3/b16-9-/t26-,27-,28?,32+,33-/m0/s1. The van der Waals surface area contributed by atoms with E-state index in [0.717, 1.165) is 48.9 Å². The molecule has 0 aliphatic carbocycles. The minimum Gasteiger partial charge on any atom is -0.465 e. The molecule has 1 N–H and O–H groups in total. The number of aryl methyl sites for hydroxylation is 2. The van der Waals surface area contributed by atoms with Crippen molar-refractivity contribution in [2.24, 2.45) is 11.8 Å². The number of aliphatic hydroxyl groups is 1. The first kappa shape index (κ1) is 29.5. The molecule has 0 aromatic heterocycles. The van der Waals surface area contributed by atoms with Crippen LogP contribution in [0.2, 0.25) is 0 Å². The summed E-state index contributed by atoms with van der Waals surface area (Å²) in [6.07, 6.45) is 13.9. The van der Waals surface area contributed by atoms with Gasteiger partial charge in [0.1, 0.15) is 23.2 Å². The number of cyclic esters (lactones) is 1. The summed E-state index contributed by atoms with van der Waals surface area (Å²) in [5.74, 6) is -2.54. The number of nitrogens with zero attached hydrogens (tertiary/aromatic N) is 2. The molecule has 0 bridgehead atoms. The Bertz CT molecular complexity index is 1230. The van der Waals surface area contributed by atoms with Gasteiger partial charge in [0.25, 0.3) is 5.91 Å². The fourth-order valence-corrected chi connectivity index (χ4v) is 7.25. The second-order valence-corrected chi connectivity index (χ2v) is 12.0. The van der Waals surface area contributed by atoms with Crippen molar-refractivity contribution in [3.05, 3.63) is 53.6 Å². The van der Waals surface area contributed by atoms with Crippen molar-refractivity contribution in [2.75, 3.05) is 31.2 Å². The summed E-state index contributed by atoms with van der Waals surface area (Å²) >= 11 is 0. The monoisotopic (exact) mass is 564 g/mol. The summed E-state index contributed by atoms with van der Waals surface area (Å²) < 4.78 is 12.8. The number of carbonyl (C=O) groups excluding carboxylic acids is 3. The summed E-state index contributed by atoms with van der Waals surface area (Å²) in [4.78, 5) is 46.4. The number of rotatable bonds is 8. The van der Waals surface area contributed by atoms with E-state index in [2.05, 4.69) is 6.08 Å². The van der Waals surface area contributed by atoms with Gasteiger partial charge in [0, 0.05) is 25.4 Å². The Hall–Kier alpha value is -2.97. The van der Waals surface area contributed by atoms with E-state index < -0.39 is 35.0 Å². The van der Waals surface area contributed by atoms with Crippen LogP contribution in [0.4, 0.5) is 5.69 Å². The van der Waals surface area contributed by atoms with Gasteiger partial charge in [-0.1, -0.05) is 56.2 Å². The van der Waals surface area contributed by atoms with Crippen molar-refractivity contribution < 1.29 is 29.0 Å². The van der Waals surface area contributed by atoms with Crippen LogP contribution in [-0.4, -0.2) is 71.3 Å². The quantitative estimate of drug-likeness (QED) is 0.286. The maximum absolute atomic E-state index is 14.7. The Labute approximate surface area is 243 Å². The molecule has 1 spiro atoms. The number of aliphatic hydroxyl groups excluding tert-OH is 1. The number of allylic oxidation sites excluding steroid dienone is 1. The minimum atomic E-state index is -1.29. The molecule has 0 saturated carbocycles. The average molecular weight is 565 g/mol. The predicted octanol–water partition coefficient (Wildman–Crippen LogP) is 4.40. The van der Waals surface area contributed by atoms with Crippen LogP contribution in [0.1, 0.15) is 69.4 Å². The molecule has 2 saturated heterocycles. The van der Waals surface area contributed by atoms with Gasteiger partial charge in [-0.05, 0) is 69.6 Å². The molecule has 222 valence electrons. The molecule has 2 amide bonds. The van der Waals surface area contributed by atoms with Gasteiger partial charge >= 0.3 is 5.97 Å². The summed E-state index contributed by atoms with van der Waals surface area (Å²) in [6, 6.07) is 5.14. The first-order valence-electron chi connectivity index (χ1n) is 15.3. The number of unbranched alkanes of at least 4 members (excludes halogenated alkanes) is 3. The van der Waals surface area contributed by atoms with Gasteiger partial charge in [-0.15, -0.1) is 0 Å². The van der Waals surface area contributed by atoms with Gasteiger partial charge in [-0.25, -0.2) is 0 Å². The van der Waals surface area contributed by atoms with Crippen molar-refractivity contribution in [1.29, 1.82) is 0 Å². The molecule has 4 aliphatic heterocycles. The lowest BCUT2D eigenvalue weighted by atomic mass is 9.73.